The third-order valence-electron chi connectivity index (χ3n) is 5.53. The van der Waals surface area contributed by atoms with E-state index < -0.39 is 18.0 Å². The van der Waals surface area contributed by atoms with E-state index >= 15 is 0 Å². The molecule has 1 aromatic carbocycles. The number of Topliss-reactive ketones (excluding diaryl/α,β-unsaturated/α-hetero) is 1. The molecule has 3 atom stereocenters. The predicted molar refractivity (Wildman–Crippen MR) is 137 cm³/mol. The molecule has 0 fully saturated rings. The Morgan fingerprint density at radius 2 is 1.81 bits per heavy atom. The fraction of sp³-hybridized carbons (Fsp3) is 0.481. The minimum absolute atomic E-state index is 0.0157. The molecule has 0 spiro atoms. The summed E-state index contributed by atoms with van der Waals surface area (Å²) in [6.45, 7) is 10.1. The van der Waals surface area contributed by atoms with Gasteiger partial charge in [0, 0.05) is 19.3 Å². The number of rotatable bonds is 20. The largest absolute Gasteiger partial charge is 0.490 e. The lowest BCUT2D eigenvalue weighted by molar-refractivity contribution is -0.368. The van der Waals surface area contributed by atoms with Crippen LogP contribution in [0.4, 0.5) is 0 Å². The van der Waals surface area contributed by atoms with Crippen molar-refractivity contribution in [2.24, 2.45) is 5.92 Å². The number of carbonyl (C=O) groups excluding carboxylic acids is 4. The topological polar surface area (TPSA) is 138 Å². The van der Waals surface area contributed by atoms with Crippen LogP contribution < -0.4 is 21.1 Å². The zero-order valence-corrected chi connectivity index (χ0v) is 21.2. The molecule has 0 heterocycles. The number of hydrogen-bond donors (Lipinski definition) is 3. The van der Waals surface area contributed by atoms with Gasteiger partial charge in [-0.3, -0.25) is 19.2 Å². The fourth-order valence-corrected chi connectivity index (χ4v) is 3.73. The van der Waals surface area contributed by atoms with Gasteiger partial charge in [0.25, 0.3) is 6.47 Å². The lowest BCUT2D eigenvalue weighted by Crippen LogP contribution is -2.50. The molecule has 0 saturated heterocycles. The van der Waals surface area contributed by atoms with Gasteiger partial charge in [0.15, 0.2) is 5.78 Å². The summed E-state index contributed by atoms with van der Waals surface area (Å²) in [6, 6.07) is 6.07. The first kappa shape index (κ1) is 30.6. The molecular weight excluding hydrogens is 462 g/mol. The second-order valence-electron chi connectivity index (χ2n) is 8.58. The highest BCUT2D eigenvalue weighted by Gasteiger charge is 2.28. The van der Waals surface area contributed by atoms with E-state index in [4.69, 9.17) is 9.47 Å². The molecule has 0 bridgehead atoms. The van der Waals surface area contributed by atoms with Gasteiger partial charge in [-0.05, 0) is 49.8 Å². The van der Waals surface area contributed by atoms with Crippen LogP contribution >= 0.6 is 0 Å². The van der Waals surface area contributed by atoms with Crippen molar-refractivity contribution in [3.05, 3.63) is 55.1 Å². The van der Waals surface area contributed by atoms with Crippen molar-refractivity contribution in [2.75, 3.05) is 19.8 Å². The van der Waals surface area contributed by atoms with Crippen molar-refractivity contribution in [1.82, 2.24) is 10.6 Å². The maximum atomic E-state index is 13.3. The van der Waals surface area contributed by atoms with Crippen molar-refractivity contribution in [3.8, 4) is 5.75 Å². The SMILES string of the molecule is C=CCOc1ccc(C[C@H](NC(C)=O)C(=O)C[C@@H](CCCC[NH3+])C(=O)N[C@@H](CC=C)COC=O)cc1. The summed E-state index contributed by atoms with van der Waals surface area (Å²) in [4.78, 5) is 48.8. The van der Waals surface area contributed by atoms with E-state index in [9.17, 15) is 19.2 Å². The van der Waals surface area contributed by atoms with Crippen molar-refractivity contribution in [1.29, 1.82) is 0 Å². The Balaban J connectivity index is 2.96. The first-order valence-corrected chi connectivity index (χ1v) is 12.2. The van der Waals surface area contributed by atoms with Crippen molar-refractivity contribution in [2.45, 2.75) is 57.5 Å². The van der Waals surface area contributed by atoms with E-state index in [1.54, 1.807) is 24.3 Å². The molecule has 0 aliphatic heterocycles. The molecule has 0 unspecified atom stereocenters. The Labute approximate surface area is 213 Å². The van der Waals surface area contributed by atoms with Crippen LogP contribution in [0.25, 0.3) is 0 Å². The number of quaternary nitrogens is 1. The standard InChI is InChI=1S/C27H39N3O6/c1-4-8-23(18-35-19-31)30-27(34)22(9-6-7-14-28)17-26(33)25(29-20(3)32)16-21-10-12-24(13-11-21)36-15-5-2/h4-5,10-13,19,22-23,25H,1-2,6-9,14-18,28H2,3H3,(H,29,32)(H,30,34)/p+1/t22-,23+,25+/m1/s1. The fourth-order valence-electron chi connectivity index (χ4n) is 3.73. The van der Waals surface area contributed by atoms with E-state index in [0.717, 1.165) is 24.9 Å². The monoisotopic (exact) mass is 502 g/mol. The minimum atomic E-state index is -0.770. The molecule has 2 amide bonds. The highest BCUT2D eigenvalue weighted by Crippen LogP contribution is 2.18. The molecule has 0 aliphatic rings. The maximum absolute atomic E-state index is 13.3. The summed E-state index contributed by atoms with van der Waals surface area (Å²) in [6.07, 6.45) is 6.04. The summed E-state index contributed by atoms with van der Waals surface area (Å²) in [7, 11) is 0. The Morgan fingerprint density at radius 3 is 2.39 bits per heavy atom. The van der Waals surface area contributed by atoms with Gasteiger partial charge >= 0.3 is 0 Å². The molecule has 9 heteroatoms. The van der Waals surface area contributed by atoms with Crippen LogP contribution in [-0.4, -0.2) is 55.9 Å². The van der Waals surface area contributed by atoms with E-state index in [1.165, 1.54) is 6.92 Å². The first-order valence-electron chi connectivity index (χ1n) is 12.2. The van der Waals surface area contributed by atoms with Gasteiger partial charge < -0.3 is 25.8 Å². The number of nitrogens with one attached hydrogen (secondary N) is 2. The summed E-state index contributed by atoms with van der Waals surface area (Å²) >= 11 is 0. The van der Waals surface area contributed by atoms with Gasteiger partial charge in [-0.2, -0.15) is 0 Å². The molecule has 1 aromatic rings. The van der Waals surface area contributed by atoms with Crippen LogP contribution in [0, 0.1) is 5.92 Å². The lowest BCUT2D eigenvalue weighted by atomic mass is 9.90. The number of ketones is 1. The maximum Gasteiger partial charge on any atom is 0.293 e. The quantitative estimate of drug-likeness (QED) is 0.140. The van der Waals surface area contributed by atoms with Gasteiger partial charge in [0.1, 0.15) is 19.0 Å². The molecule has 9 nitrogen and oxygen atoms in total. The van der Waals surface area contributed by atoms with Crippen LogP contribution in [0.5, 0.6) is 5.75 Å². The molecule has 0 aromatic heterocycles. The average molecular weight is 503 g/mol. The van der Waals surface area contributed by atoms with Crippen LogP contribution in [0.1, 0.15) is 44.6 Å². The molecule has 5 N–H and O–H groups in total. The van der Waals surface area contributed by atoms with Crippen LogP contribution in [-0.2, 0) is 30.3 Å². The van der Waals surface area contributed by atoms with E-state index in [0.29, 0.717) is 38.1 Å². The molecule has 0 radical (unpaired) electrons. The number of ether oxygens (including phenoxy) is 2. The van der Waals surface area contributed by atoms with E-state index in [1.807, 2.05) is 12.1 Å². The summed E-state index contributed by atoms with van der Waals surface area (Å²) < 4.78 is 10.3. The number of benzene rings is 1. The first-order chi connectivity index (χ1) is 17.3. The van der Waals surface area contributed by atoms with Crippen molar-refractivity contribution < 1.29 is 34.4 Å². The van der Waals surface area contributed by atoms with E-state index in [2.05, 4.69) is 29.5 Å². The Hall–Kier alpha value is -3.46. The molecule has 0 saturated carbocycles. The van der Waals surface area contributed by atoms with Crippen molar-refractivity contribution >= 4 is 24.1 Å². The van der Waals surface area contributed by atoms with Crippen LogP contribution in [0.15, 0.2) is 49.6 Å². The highest BCUT2D eigenvalue weighted by molar-refractivity contribution is 5.92. The molecule has 36 heavy (non-hydrogen) atoms. The van der Waals surface area contributed by atoms with Gasteiger partial charge in [0.05, 0.1) is 18.6 Å². The molecular formula is C27H40N3O6+. The lowest BCUT2D eigenvalue weighted by Gasteiger charge is -2.23. The van der Waals surface area contributed by atoms with Gasteiger partial charge in [-0.1, -0.05) is 30.9 Å². The Morgan fingerprint density at radius 1 is 1.08 bits per heavy atom. The second kappa shape index (κ2) is 17.9. The smallest absolute Gasteiger partial charge is 0.293 e. The average Bonchev–Trinajstić information content (AvgIpc) is 2.85. The third-order valence-corrected chi connectivity index (χ3v) is 5.53. The van der Waals surface area contributed by atoms with Gasteiger partial charge in [-0.15, -0.1) is 6.58 Å². The van der Waals surface area contributed by atoms with Crippen LogP contribution in [0.2, 0.25) is 0 Å². The van der Waals surface area contributed by atoms with Gasteiger partial charge in [-0.25, -0.2) is 0 Å². The third kappa shape index (κ3) is 12.3. The second-order valence-corrected chi connectivity index (χ2v) is 8.58. The molecule has 198 valence electrons. The normalized spacial score (nSPS) is 12.9. The number of unbranched alkanes of at least 4 members (excludes halogenated alkanes) is 1. The van der Waals surface area contributed by atoms with Crippen LogP contribution in [0.3, 0.4) is 0 Å². The number of amides is 2. The molecule has 0 aliphatic carbocycles. The molecule has 1 rings (SSSR count). The number of carbonyl (C=O) groups is 4. The van der Waals surface area contributed by atoms with Crippen molar-refractivity contribution in [3.63, 3.8) is 0 Å². The van der Waals surface area contributed by atoms with Gasteiger partial charge in [0.2, 0.25) is 11.8 Å². The highest BCUT2D eigenvalue weighted by atomic mass is 16.5. The van der Waals surface area contributed by atoms with E-state index in [-0.39, 0.29) is 30.6 Å². The number of hydrogen-bond acceptors (Lipinski definition) is 6. The summed E-state index contributed by atoms with van der Waals surface area (Å²) in [5, 5.41) is 5.60. The Kier molecular flexibility index (Phi) is 15.2. The predicted octanol–water partition coefficient (Wildman–Crippen LogP) is 1.52. The zero-order valence-electron chi connectivity index (χ0n) is 21.2. The Bertz CT molecular complexity index is 856. The zero-order chi connectivity index (χ0) is 26.8. The summed E-state index contributed by atoms with van der Waals surface area (Å²) in [5.74, 6) is -0.751. The summed E-state index contributed by atoms with van der Waals surface area (Å²) in [5.41, 5.74) is 4.69. The minimum Gasteiger partial charge on any atom is -0.490 e.